The Morgan fingerprint density at radius 3 is 2.60 bits per heavy atom. The summed E-state index contributed by atoms with van der Waals surface area (Å²) in [5.41, 5.74) is 2.22. The predicted molar refractivity (Wildman–Crippen MR) is 97.3 cm³/mol. The van der Waals surface area contributed by atoms with Gasteiger partial charge in [0.05, 0.1) is 5.69 Å². The molecule has 1 saturated heterocycles. The minimum atomic E-state index is 0.214. The lowest BCUT2D eigenvalue weighted by atomic mass is 9.84. The molecule has 1 atom stereocenters. The molecule has 1 N–H and O–H groups in total. The third-order valence-corrected chi connectivity index (χ3v) is 5.97. The highest BCUT2D eigenvalue weighted by Gasteiger charge is 2.33. The molecule has 1 saturated carbocycles. The number of H-pyrrole nitrogens is 1. The first-order valence-electron chi connectivity index (χ1n) is 9.64. The van der Waals surface area contributed by atoms with E-state index in [1.54, 1.807) is 0 Å². The Bertz CT molecular complexity index is 697. The molecule has 2 aliphatic rings. The number of nitrogens with one attached hydrogen (secondary N) is 1. The van der Waals surface area contributed by atoms with Gasteiger partial charge in [0.1, 0.15) is 0 Å². The van der Waals surface area contributed by atoms with Crippen molar-refractivity contribution in [1.29, 1.82) is 0 Å². The van der Waals surface area contributed by atoms with Crippen LogP contribution in [0.4, 0.5) is 0 Å². The molecule has 0 radical (unpaired) electrons. The average molecular weight is 340 g/mol. The number of rotatable bonds is 3. The Balaban J connectivity index is 1.35. The lowest BCUT2D eigenvalue weighted by Crippen LogP contribution is -2.43. The fourth-order valence-corrected chi connectivity index (χ4v) is 4.54. The monoisotopic (exact) mass is 340 g/mol. The van der Waals surface area contributed by atoms with Crippen LogP contribution in [-0.4, -0.2) is 38.7 Å². The molecular formula is C20H28N4O. The maximum atomic E-state index is 13.0. The Morgan fingerprint density at radius 1 is 1.16 bits per heavy atom. The molecule has 134 valence electrons. The molecule has 0 bridgehead atoms. The topological polar surface area (TPSA) is 53.9 Å². The molecule has 0 spiro atoms. The van der Waals surface area contributed by atoms with E-state index in [9.17, 15) is 4.79 Å². The second kappa shape index (κ2) is 7.06. The predicted octanol–water partition coefficient (Wildman–Crippen LogP) is 3.66. The van der Waals surface area contributed by atoms with E-state index in [2.05, 4.69) is 50.3 Å². The molecule has 1 amide bonds. The molecular weight excluding hydrogens is 312 g/mol. The molecule has 5 nitrogen and oxygen atoms in total. The van der Waals surface area contributed by atoms with E-state index in [4.69, 9.17) is 0 Å². The smallest absolute Gasteiger partial charge is 0.225 e. The average Bonchev–Trinajstić information content (AvgIpc) is 3.33. The van der Waals surface area contributed by atoms with Gasteiger partial charge in [-0.1, -0.05) is 0 Å². The molecule has 2 aromatic rings. The second-order valence-corrected chi connectivity index (χ2v) is 7.73. The van der Waals surface area contributed by atoms with Crippen LogP contribution < -0.4 is 0 Å². The van der Waals surface area contributed by atoms with Gasteiger partial charge in [-0.05, 0) is 63.6 Å². The van der Waals surface area contributed by atoms with E-state index < -0.39 is 0 Å². The first-order valence-corrected chi connectivity index (χ1v) is 9.64. The van der Waals surface area contributed by atoms with Crippen LogP contribution in [0.1, 0.15) is 61.9 Å². The van der Waals surface area contributed by atoms with Gasteiger partial charge >= 0.3 is 0 Å². The molecule has 5 heteroatoms. The number of hydrogen-bond donors (Lipinski definition) is 1. The number of carbonyl (C=O) groups is 1. The van der Waals surface area contributed by atoms with Crippen molar-refractivity contribution in [3.05, 3.63) is 42.0 Å². The zero-order chi connectivity index (χ0) is 17.2. The van der Waals surface area contributed by atoms with Gasteiger partial charge in [-0.25, -0.2) is 0 Å². The maximum Gasteiger partial charge on any atom is 0.225 e. The number of hydrogen-bond acceptors (Lipinski definition) is 2. The lowest BCUT2D eigenvalue weighted by molar-refractivity contribution is -0.138. The highest BCUT2D eigenvalue weighted by molar-refractivity contribution is 5.79. The Hall–Kier alpha value is -2.04. The summed E-state index contributed by atoms with van der Waals surface area (Å²) in [6, 6.07) is 6.87. The van der Waals surface area contributed by atoms with Crippen LogP contribution in [0.2, 0.25) is 0 Å². The Kier molecular flexibility index (Phi) is 4.64. The number of piperidine rings is 1. The first-order chi connectivity index (χ1) is 12.2. The van der Waals surface area contributed by atoms with Gasteiger partial charge < -0.3 is 9.47 Å². The van der Waals surface area contributed by atoms with E-state index in [-0.39, 0.29) is 5.92 Å². The summed E-state index contributed by atoms with van der Waals surface area (Å²) in [7, 11) is 0. The van der Waals surface area contributed by atoms with Crippen LogP contribution in [-0.2, 0) is 4.79 Å². The zero-order valence-electron chi connectivity index (χ0n) is 15.0. The van der Waals surface area contributed by atoms with Crippen molar-refractivity contribution in [2.75, 3.05) is 13.1 Å². The summed E-state index contributed by atoms with van der Waals surface area (Å²) in [6.45, 7) is 3.78. The van der Waals surface area contributed by atoms with Gasteiger partial charge in [0, 0.05) is 49.1 Å². The van der Waals surface area contributed by atoms with Crippen molar-refractivity contribution < 1.29 is 4.79 Å². The summed E-state index contributed by atoms with van der Waals surface area (Å²) in [5.74, 6) is 0.980. The number of nitrogens with zero attached hydrogens (tertiary/aromatic N) is 3. The van der Waals surface area contributed by atoms with Gasteiger partial charge in [0.2, 0.25) is 5.91 Å². The number of amides is 1. The summed E-state index contributed by atoms with van der Waals surface area (Å²) >= 11 is 0. The van der Waals surface area contributed by atoms with Crippen LogP contribution in [0.25, 0.3) is 0 Å². The van der Waals surface area contributed by atoms with Gasteiger partial charge in [-0.3, -0.25) is 9.89 Å². The molecule has 1 aliphatic carbocycles. The van der Waals surface area contributed by atoms with Crippen LogP contribution in [0.15, 0.2) is 30.6 Å². The molecule has 25 heavy (non-hydrogen) atoms. The van der Waals surface area contributed by atoms with Gasteiger partial charge in [0.25, 0.3) is 0 Å². The van der Waals surface area contributed by atoms with Crippen molar-refractivity contribution in [1.82, 2.24) is 19.7 Å². The van der Waals surface area contributed by atoms with E-state index in [1.165, 1.54) is 0 Å². The number of aromatic nitrogens is 3. The van der Waals surface area contributed by atoms with Crippen molar-refractivity contribution >= 4 is 5.91 Å². The zero-order valence-corrected chi connectivity index (χ0v) is 15.0. The Labute approximate surface area is 149 Å². The van der Waals surface area contributed by atoms with E-state index in [1.807, 2.05) is 6.92 Å². The van der Waals surface area contributed by atoms with Crippen molar-refractivity contribution in [2.24, 2.45) is 5.92 Å². The number of carbonyl (C=O) groups excluding carboxylic acids is 1. The highest BCUT2D eigenvalue weighted by atomic mass is 16.2. The fourth-order valence-electron chi connectivity index (χ4n) is 4.54. The summed E-state index contributed by atoms with van der Waals surface area (Å²) in [5, 5.41) is 7.45. The largest absolute Gasteiger partial charge is 0.351 e. The standard InChI is InChI=1S/C20H28N4O/c1-15-13-19(22-21-15)17-5-4-12-24(14-17)20(25)16-6-8-18(9-7-16)23-10-2-3-11-23/h2-3,10-11,13,16-18H,4-9,12,14H2,1H3,(H,21,22)/t16?,17-,18?/m1/s1. The molecule has 0 unspecified atom stereocenters. The van der Waals surface area contributed by atoms with Crippen molar-refractivity contribution in [3.8, 4) is 0 Å². The SMILES string of the molecule is Cc1cc([C@@H]2CCCN(C(=O)C3CCC(n4cccc4)CC3)C2)n[nH]1. The van der Waals surface area contributed by atoms with Crippen LogP contribution in [0, 0.1) is 12.8 Å². The number of aromatic amines is 1. The minimum Gasteiger partial charge on any atom is -0.351 e. The number of aryl methyl sites for hydroxylation is 1. The van der Waals surface area contributed by atoms with E-state index >= 15 is 0 Å². The van der Waals surface area contributed by atoms with Crippen LogP contribution in [0.3, 0.4) is 0 Å². The third-order valence-electron chi connectivity index (χ3n) is 5.97. The van der Waals surface area contributed by atoms with Gasteiger partial charge in [0.15, 0.2) is 0 Å². The highest BCUT2D eigenvalue weighted by Crippen LogP contribution is 2.34. The molecule has 0 aromatic carbocycles. The van der Waals surface area contributed by atoms with Gasteiger partial charge in [-0.2, -0.15) is 5.10 Å². The number of likely N-dealkylation sites (tertiary alicyclic amines) is 1. The summed E-state index contributed by atoms with van der Waals surface area (Å²) < 4.78 is 2.30. The first kappa shape index (κ1) is 16.4. The maximum absolute atomic E-state index is 13.0. The summed E-state index contributed by atoms with van der Waals surface area (Å²) in [6.07, 6.45) is 10.8. The Morgan fingerprint density at radius 2 is 1.92 bits per heavy atom. The van der Waals surface area contributed by atoms with Crippen LogP contribution >= 0.6 is 0 Å². The van der Waals surface area contributed by atoms with Gasteiger partial charge in [-0.15, -0.1) is 0 Å². The molecule has 4 rings (SSSR count). The third kappa shape index (κ3) is 3.51. The summed E-state index contributed by atoms with van der Waals surface area (Å²) in [4.78, 5) is 15.1. The lowest BCUT2D eigenvalue weighted by Gasteiger charge is -2.36. The fraction of sp³-hybridized carbons (Fsp3) is 0.600. The van der Waals surface area contributed by atoms with Crippen LogP contribution in [0.5, 0.6) is 0 Å². The van der Waals surface area contributed by atoms with E-state index in [0.29, 0.717) is 17.9 Å². The van der Waals surface area contributed by atoms with Crippen molar-refractivity contribution in [3.63, 3.8) is 0 Å². The van der Waals surface area contributed by atoms with E-state index in [0.717, 1.165) is 63.0 Å². The minimum absolute atomic E-state index is 0.214. The molecule has 1 aliphatic heterocycles. The quantitative estimate of drug-likeness (QED) is 0.927. The molecule has 3 heterocycles. The second-order valence-electron chi connectivity index (χ2n) is 7.73. The molecule has 2 fully saturated rings. The molecule has 2 aromatic heterocycles. The van der Waals surface area contributed by atoms with Crippen molar-refractivity contribution in [2.45, 2.75) is 57.4 Å². The normalized spacial score (nSPS) is 27.4.